The molecule has 0 bridgehead atoms. The Balaban J connectivity index is 1.99. The zero-order valence-electron chi connectivity index (χ0n) is 10.1. The van der Waals surface area contributed by atoms with E-state index in [-0.39, 0.29) is 0 Å². The van der Waals surface area contributed by atoms with E-state index in [0.29, 0.717) is 16.5 Å². The molecule has 0 spiro atoms. The summed E-state index contributed by atoms with van der Waals surface area (Å²) in [6.45, 7) is 0.859. The Morgan fingerprint density at radius 1 is 1.11 bits per heavy atom. The molecule has 1 aromatic heterocycles. The highest BCUT2D eigenvalue weighted by Gasteiger charge is 2.00. The maximum atomic E-state index is 5.80. The van der Waals surface area contributed by atoms with Crippen molar-refractivity contribution in [3.8, 4) is 11.5 Å². The van der Waals surface area contributed by atoms with Gasteiger partial charge < -0.3 is 10.1 Å². The maximum Gasteiger partial charge on any atom is 0.164 e. The van der Waals surface area contributed by atoms with Gasteiger partial charge in [0.2, 0.25) is 0 Å². The lowest BCUT2D eigenvalue weighted by molar-refractivity contribution is 0.476. The molecule has 0 fully saturated rings. The molecule has 0 aliphatic heterocycles. The smallest absolute Gasteiger partial charge is 0.164 e. The molecule has 1 aromatic carbocycles. The molecule has 0 aliphatic rings. The van der Waals surface area contributed by atoms with Crippen LogP contribution in [-0.2, 0) is 6.42 Å². The van der Waals surface area contributed by atoms with Crippen LogP contribution in [0.2, 0.25) is 5.02 Å². The van der Waals surface area contributed by atoms with Crippen LogP contribution in [0, 0.1) is 0 Å². The molecule has 94 valence electrons. The van der Waals surface area contributed by atoms with Crippen molar-refractivity contribution >= 4 is 11.6 Å². The van der Waals surface area contributed by atoms with Crippen molar-refractivity contribution < 1.29 is 4.74 Å². The van der Waals surface area contributed by atoms with Crippen LogP contribution >= 0.6 is 11.6 Å². The summed E-state index contributed by atoms with van der Waals surface area (Å²) >= 11 is 5.80. The van der Waals surface area contributed by atoms with Gasteiger partial charge in [-0.25, -0.2) is 9.97 Å². The third-order valence-electron chi connectivity index (χ3n) is 2.33. The lowest BCUT2D eigenvalue weighted by Crippen LogP contribution is -2.12. The number of halogens is 1. The molecule has 0 amide bonds. The van der Waals surface area contributed by atoms with Gasteiger partial charge in [-0.05, 0) is 31.3 Å². The van der Waals surface area contributed by atoms with E-state index in [1.165, 1.54) is 0 Å². The van der Waals surface area contributed by atoms with Crippen molar-refractivity contribution in [2.24, 2.45) is 0 Å². The van der Waals surface area contributed by atoms with Gasteiger partial charge in [-0.15, -0.1) is 0 Å². The van der Waals surface area contributed by atoms with Gasteiger partial charge in [0.25, 0.3) is 0 Å². The van der Waals surface area contributed by atoms with Gasteiger partial charge in [0, 0.05) is 18.0 Å². The summed E-state index contributed by atoms with van der Waals surface area (Å²) in [7, 11) is 1.90. The highest BCUT2D eigenvalue weighted by molar-refractivity contribution is 6.30. The zero-order valence-corrected chi connectivity index (χ0v) is 10.8. The van der Waals surface area contributed by atoms with E-state index in [1.807, 2.05) is 7.05 Å². The van der Waals surface area contributed by atoms with Gasteiger partial charge in [0.1, 0.15) is 11.6 Å². The summed E-state index contributed by atoms with van der Waals surface area (Å²) in [6, 6.07) is 7.16. The Morgan fingerprint density at radius 2 is 1.78 bits per heavy atom. The number of aromatic nitrogens is 2. The Morgan fingerprint density at radius 3 is 2.39 bits per heavy atom. The van der Waals surface area contributed by atoms with E-state index in [9.17, 15) is 0 Å². The summed E-state index contributed by atoms with van der Waals surface area (Å²) in [4.78, 5) is 8.46. The molecule has 0 unspecified atom stereocenters. The molecule has 18 heavy (non-hydrogen) atoms. The number of benzene rings is 1. The minimum atomic E-state index is 0.616. The summed E-state index contributed by atoms with van der Waals surface area (Å²) in [5, 5.41) is 3.73. The SMILES string of the molecule is CNCCc1ncc(Oc2ccc(Cl)cc2)cn1. The van der Waals surface area contributed by atoms with Gasteiger partial charge in [-0.3, -0.25) is 0 Å². The minimum absolute atomic E-state index is 0.616. The molecule has 1 heterocycles. The summed E-state index contributed by atoms with van der Waals surface area (Å²) in [5.41, 5.74) is 0. The molecule has 0 saturated carbocycles. The third-order valence-corrected chi connectivity index (χ3v) is 2.58. The molecule has 0 aliphatic carbocycles. The van der Waals surface area contributed by atoms with E-state index >= 15 is 0 Å². The number of nitrogens with one attached hydrogen (secondary N) is 1. The van der Waals surface area contributed by atoms with Crippen LogP contribution in [0.3, 0.4) is 0 Å². The molecule has 2 aromatic rings. The Hall–Kier alpha value is -1.65. The maximum absolute atomic E-state index is 5.80. The van der Waals surface area contributed by atoms with Crippen LogP contribution in [0.5, 0.6) is 11.5 Å². The Kier molecular flexibility index (Phi) is 4.50. The molecule has 0 radical (unpaired) electrons. The largest absolute Gasteiger partial charge is 0.454 e. The molecule has 1 N–H and O–H groups in total. The van der Waals surface area contributed by atoms with E-state index in [2.05, 4.69) is 15.3 Å². The van der Waals surface area contributed by atoms with Crippen molar-refractivity contribution in [2.45, 2.75) is 6.42 Å². The van der Waals surface area contributed by atoms with Crippen molar-refractivity contribution in [3.63, 3.8) is 0 Å². The zero-order chi connectivity index (χ0) is 12.8. The first-order valence-electron chi connectivity index (χ1n) is 5.67. The topological polar surface area (TPSA) is 47.0 Å². The quantitative estimate of drug-likeness (QED) is 0.901. The number of hydrogen-bond donors (Lipinski definition) is 1. The standard InChI is InChI=1S/C13H14ClN3O/c1-15-7-6-13-16-8-12(9-17-13)18-11-4-2-10(14)3-5-11/h2-5,8-9,15H,6-7H2,1H3. The van der Waals surface area contributed by atoms with E-state index in [0.717, 1.165) is 18.8 Å². The second-order valence-electron chi connectivity index (χ2n) is 3.74. The fourth-order valence-corrected chi connectivity index (χ4v) is 1.53. The second-order valence-corrected chi connectivity index (χ2v) is 4.18. The van der Waals surface area contributed by atoms with Gasteiger partial charge in [-0.1, -0.05) is 11.6 Å². The first-order chi connectivity index (χ1) is 8.78. The number of likely N-dealkylation sites (N-methyl/N-ethyl adjacent to an activating group) is 1. The minimum Gasteiger partial charge on any atom is -0.454 e. The van der Waals surface area contributed by atoms with E-state index in [1.54, 1.807) is 36.7 Å². The van der Waals surface area contributed by atoms with Crippen molar-refractivity contribution in [1.82, 2.24) is 15.3 Å². The predicted octanol–water partition coefficient (Wildman–Crippen LogP) is 2.68. The van der Waals surface area contributed by atoms with E-state index in [4.69, 9.17) is 16.3 Å². The molecule has 0 atom stereocenters. The van der Waals surface area contributed by atoms with E-state index < -0.39 is 0 Å². The van der Waals surface area contributed by atoms with Gasteiger partial charge in [0.05, 0.1) is 12.4 Å². The number of hydrogen-bond acceptors (Lipinski definition) is 4. The average molecular weight is 264 g/mol. The molecular weight excluding hydrogens is 250 g/mol. The van der Waals surface area contributed by atoms with Gasteiger partial charge >= 0.3 is 0 Å². The number of nitrogens with zero attached hydrogens (tertiary/aromatic N) is 2. The van der Waals surface area contributed by atoms with Crippen LogP contribution in [0.15, 0.2) is 36.7 Å². The summed E-state index contributed by atoms with van der Waals surface area (Å²) in [5.74, 6) is 2.13. The molecule has 2 rings (SSSR count). The highest BCUT2D eigenvalue weighted by atomic mass is 35.5. The van der Waals surface area contributed by atoms with Crippen molar-refractivity contribution in [1.29, 1.82) is 0 Å². The van der Waals surface area contributed by atoms with Crippen LogP contribution in [0.1, 0.15) is 5.82 Å². The molecular formula is C13H14ClN3O. The van der Waals surface area contributed by atoms with Crippen LogP contribution in [0.4, 0.5) is 0 Å². The lowest BCUT2D eigenvalue weighted by Gasteiger charge is -2.05. The van der Waals surface area contributed by atoms with Gasteiger partial charge in [0.15, 0.2) is 5.75 Å². The normalized spacial score (nSPS) is 10.3. The lowest BCUT2D eigenvalue weighted by atomic mass is 10.3. The third kappa shape index (κ3) is 3.68. The first-order valence-corrected chi connectivity index (χ1v) is 6.04. The van der Waals surface area contributed by atoms with Gasteiger partial charge in [-0.2, -0.15) is 0 Å². The Labute approximate surface area is 111 Å². The van der Waals surface area contributed by atoms with Crippen molar-refractivity contribution in [2.75, 3.05) is 13.6 Å². The molecule has 4 nitrogen and oxygen atoms in total. The number of ether oxygens (including phenoxy) is 1. The molecule has 0 saturated heterocycles. The fourth-order valence-electron chi connectivity index (χ4n) is 1.40. The Bertz CT molecular complexity index is 485. The van der Waals surface area contributed by atoms with Crippen LogP contribution < -0.4 is 10.1 Å². The summed E-state index contributed by atoms with van der Waals surface area (Å²) in [6.07, 6.45) is 4.15. The highest BCUT2D eigenvalue weighted by Crippen LogP contribution is 2.21. The van der Waals surface area contributed by atoms with Crippen LogP contribution in [0.25, 0.3) is 0 Å². The summed E-state index contributed by atoms with van der Waals surface area (Å²) < 4.78 is 5.59. The molecule has 5 heteroatoms. The first kappa shape index (κ1) is 12.8. The predicted molar refractivity (Wildman–Crippen MR) is 71.2 cm³/mol. The monoisotopic (exact) mass is 263 g/mol. The van der Waals surface area contributed by atoms with Crippen molar-refractivity contribution in [3.05, 3.63) is 47.5 Å². The second kappa shape index (κ2) is 6.33. The average Bonchev–Trinajstić information content (AvgIpc) is 2.41. The number of rotatable bonds is 5. The fraction of sp³-hybridized carbons (Fsp3) is 0.231. The van der Waals surface area contributed by atoms with Crippen LogP contribution in [-0.4, -0.2) is 23.6 Å².